The predicted octanol–water partition coefficient (Wildman–Crippen LogP) is 5.02. The molecule has 4 nitrogen and oxygen atoms in total. The number of anilines is 1. The number of rotatable bonds is 5. The van der Waals surface area contributed by atoms with Crippen LogP contribution in [0.25, 0.3) is 0 Å². The van der Waals surface area contributed by atoms with Crippen LogP contribution < -0.4 is 4.90 Å². The van der Waals surface area contributed by atoms with Gasteiger partial charge in [-0.05, 0) is 48.2 Å². The first-order valence-electron chi connectivity index (χ1n) is 9.13. The van der Waals surface area contributed by atoms with Gasteiger partial charge in [-0.25, -0.2) is 8.42 Å². The number of hydrogen-bond acceptors (Lipinski definition) is 3. The Hall–Kier alpha value is -1.27. The second kappa shape index (κ2) is 8.39. The molecule has 2 aromatic carbocycles. The highest BCUT2D eigenvalue weighted by Gasteiger charge is 2.29. The van der Waals surface area contributed by atoms with Crippen molar-refractivity contribution in [3.8, 4) is 0 Å². The quantitative estimate of drug-likeness (QED) is 0.673. The molecular formula is C20H24Cl2N2O2S. The van der Waals surface area contributed by atoms with Crippen LogP contribution >= 0.6 is 23.2 Å². The predicted molar refractivity (Wildman–Crippen MR) is 113 cm³/mol. The van der Waals surface area contributed by atoms with Gasteiger partial charge in [-0.15, -0.1) is 0 Å². The minimum Gasteiger partial charge on any atom is -0.368 e. The Morgan fingerprint density at radius 2 is 1.63 bits per heavy atom. The number of benzene rings is 2. The first-order valence-corrected chi connectivity index (χ1v) is 11.3. The minimum absolute atomic E-state index is 0.351. The molecule has 0 radical (unpaired) electrons. The van der Waals surface area contributed by atoms with Gasteiger partial charge in [0.15, 0.2) is 0 Å². The van der Waals surface area contributed by atoms with Crippen molar-refractivity contribution in [2.75, 3.05) is 31.1 Å². The third-order valence-electron chi connectivity index (χ3n) is 5.19. The lowest BCUT2D eigenvalue weighted by atomic mass is 9.99. The summed E-state index contributed by atoms with van der Waals surface area (Å²) in [5.41, 5.74) is 2.01. The van der Waals surface area contributed by atoms with E-state index in [0.29, 0.717) is 47.0 Å². The Labute approximate surface area is 171 Å². The van der Waals surface area contributed by atoms with Gasteiger partial charge in [-0.1, -0.05) is 49.2 Å². The van der Waals surface area contributed by atoms with Crippen LogP contribution in [0.2, 0.25) is 10.0 Å². The lowest BCUT2D eigenvalue weighted by Gasteiger charge is -2.35. The summed E-state index contributed by atoms with van der Waals surface area (Å²) >= 11 is 12.3. The van der Waals surface area contributed by atoms with E-state index in [9.17, 15) is 8.42 Å². The number of sulfonamides is 1. The smallest absolute Gasteiger partial charge is 0.243 e. The monoisotopic (exact) mass is 426 g/mol. The lowest BCUT2D eigenvalue weighted by molar-refractivity contribution is 0.385. The zero-order chi connectivity index (χ0) is 19.6. The molecule has 1 unspecified atom stereocenters. The summed E-state index contributed by atoms with van der Waals surface area (Å²) in [6.07, 6.45) is 1.03. The second-order valence-electron chi connectivity index (χ2n) is 6.87. The standard InChI is InChI=1S/C20H24Cl2N2O2S/c1-3-15(2)16-4-7-18(8-5-16)27(25,26)24-12-10-23(11-13-24)20-14-17(21)6-9-19(20)22/h4-9,14-15H,3,10-13H2,1-2H3. The molecule has 0 aromatic heterocycles. The van der Waals surface area contributed by atoms with E-state index in [1.165, 1.54) is 0 Å². The Kier molecular flexibility index (Phi) is 6.36. The van der Waals surface area contributed by atoms with E-state index in [0.717, 1.165) is 17.7 Å². The highest BCUT2D eigenvalue weighted by Crippen LogP contribution is 2.30. The van der Waals surface area contributed by atoms with E-state index in [1.54, 1.807) is 28.6 Å². The first kappa shape index (κ1) is 20.5. The van der Waals surface area contributed by atoms with Crippen LogP contribution in [0.3, 0.4) is 0 Å². The molecule has 0 amide bonds. The van der Waals surface area contributed by atoms with Crippen LogP contribution in [0.1, 0.15) is 31.7 Å². The maximum absolute atomic E-state index is 13.0. The molecule has 7 heteroatoms. The molecule has 0 aliphatic carbocycles. The molecule has 0 N–H and O–H groups in total. The molecule has 1 aliphatic rings. The Balaban J connectivity index is 1.72. The fraction of sp³-hybridized carbons (Fsp3) is 0.400. The summed E-state index contributed by atoms with van der Waals surface area (Å²) in [6, 6.07) is 12.6. The molecule has 1 aliphatic heterocycles. The summed E-state index contributed by atoms with van der Waals surface area (Å²) in [7, 11) is -3.49. The van der Waals surface area contributed by atoms with Crippen LogP contribution in [0.5, 0.6) is 0 Å². The van der Waals surface area contributed by atoms with Gasteiger partial charge in [0, 0.05) is 31.2 Å². The fourth-order valence-corrected chi connectivity index (χ4v) is 5.08. The van der Waals surface area contributed by atoms with E-state index < -0.39 is 10.0 Å². The maximum atomic E-state index is 13.0. The van der Waals surface area contributed by atoms with E-state index in [1.807, 2.05) is 18.2 Å². The van der Waals surface area contributed by atoms with E-state index >= 15 is 0 Å². The number of halogens is 2. The topological polar surface area (TPSA) is 40.6 Å². The van der Waals surface area contributed by atoms with Crippen molar-refractivity contribution >= 4 is 38.9 Å². The van der Waals surface area contributed by atoms with Crippen LogP contribution in [0.15, 0.2) is 47.4 Å². The van der Waals surface area contributed by atoms with Gasteiger partial charge in [0.1, 0.15) is 0 Å². The lowest BCUT2D eigenvalue weighted by Crippen LogP contribution is -2.48. The molecule has 3 rings (SSSR count). The van der Waals surface area contributed by atoms with Gasteiger partial charge in [0.25, 0.3) is 0 Å². The summed E-state index contributed by atoms with van der Waals surface area (Å²) < 4.78 is 27.5. The van der Waals surface area contributed by atoms with E-state index in [2.05, 4.69) is 18.7 Å². The van der Waals surface area contributed by atoms with Crippen molar-refractivity contribution in [3.05, 3.63) is 58.1 Å². The summed E-state index contributed by atoms with van der Waals surface area (Å²) in [4.78, 5) is 2.43. The van der Waals surface area contributed by atoms with Crippen molar-refractivity contribution in [1.82, 2.24) is 4.31 Å². The Morgan fingerprint density at radius 3 is 2.22 bits per heavy atom. The molecule has 27 heavy (non-hydrogen) atoms. The van der Waals surface area contributed by atoms with Gasteiger partial charge in [0.05, 0.1) is 15.6 Å². The molecule has 146 valence electrons. The third-order valence-corrected chi connectivity index (χ3v) is 7.65. The number of piperazine rings is 1. The van der Waals surface area contributed by atoms with E-state index in [-0.39, 0.29) is 0 Å². The largest absolute Gasteiger partial charge is 0.368 e. The highest BCUT2D eigenvalue weighted by atomic mass is 35.5. The zero-order valence-electron chi connectivity index (χ0n) is 15.5. The summed E-state index contributed by atoms with van der Waals surface area (Å²) in [5, 5.41) is 1.24. The molecule has 1 atom stereocenters. The van der Waals surface area contributed by atoms with Crippen molar-refractivity contribution in [2.45, 2.75) is 31.1 Å². The molecule has 1 saturated heterocycles. The zero-order valence-corrected chi connectivity index (χ0v) is 17.9. The summed E-state index contributed by atoms with van der Waals surface area (Å²) in [6.45, 7) is 6.25. The Bertz CT molecular complexity index is 893. The fourth-order valence-electron chi connectivity index (χ4n) is 3.25. The average Bonchev–Trinajstić information content (AvgIpc) is 2.69. The first-order chi connectivity index (χ1) is 12.8. The average molecular weight is 427 g/mol. The SMILES string of the molecule is CCC(C)c1ccc(S(=O)(=O)N2CCN(c3cc(Cl)ccc3Cl)CC2)cc1. The molecule has 1 heterocycles. The second-order valence-corrected chi connectivity index (χ2v) is 9.65. The number of nitrogens with zero attached hydrogens (tertiary/aromatic N) is 2. The van der Waals surface area contributed by atoms with Crippen molar-refractivity contribution in [3.63, 3.8) is 0 Å². The molecular weight excluding hydrogens is 403 g/mol. The van der Waals surface area contributed by atoms with Crippen LogP contribution in [-0.2, 0) is 10.0 Å². The molecule has 1 fully saturated rings. The van der Waals surface area contributed by atoms with Crippen LogP contribution in [-0.4, -0.2) is 38.9 Å². The third kappa shape index (κ3) is 4.43. The van der Waals surface area contributed by atoms with Gasteiger partial charge in [-0.2, -0.15) is 4.31 Å². The molecule has 0 spiro atoms. The normalized spacial score (nSPS) is 17.1. The van der Waals surface area contributed by atoms with Crippen molar-refractivity contribution in [2.24, 2.45) is 0 Å². The van der Waals surface area contributed by atoms with Crippen LogP contribution in [0.4, 0.5) is 5.69 Å². The maximum Gasteiger partial charge on any atom is 0.243 e. The van der Waals surface area contributed by atoms with Gasteiger partial charge >= 0.3 is 0 Å². The van der Waals surface area contributed by atoms with Gasteiger partial charge in [0.2, 0.25) is 10.0 Å². The highest BCUT2D eigenvalue weighted by molar-refractivity contribution is 7.89. The van der Waals surface area contributed by atoms with Gasteiger partial charge in [-0.3, -0.25) is 0 Å². The summed E-state index contributed by atoms with van der Waals surface area (Å²) in [5.74, 6) is 0.424. The van der Waals surface area contributed by atoms with Crippen molar-refractivity contribution < 1.29 is 8.42 Å². The minimum atomic E-state index is -3.49. The molecule has 2 aromatic rings. The molecule has 0 bridgehead atoms. The van der Waals surface area contributed by atoms with E-state index in [4.69, 9.17) is 23.2 Å². The molecule has 0 saturated carbocycles. The van der Waals surface area contributed by atoms with Gasteiger partial charge < -0.3 is 4.90 Å². The van der Waals surface area contributed by atoms with Crippen molar-refractivity contribution in [1.29, 1.82) is 0 Å². The van der Waals surface area contributed by atoms with Crippen LogP contribution in [0, 0.1) is 0 Å². The number of hydrogen-bond donors (Lipinski definition) is 0. The Morgan fingerprint density at radius 1 is 1.00 bits per heavy atom.